The molecule has 4 nitrogen and oxygen atoms in total. The lowest BCUT2D eigenvalue weighted by molar-refractivity contribution is -0.155. The van der Waals surface area contributed by atoms with Gasteiger partial charge in [0.1, 0.15) is 0 Å². The fraction of sp³-hybridized carbons (Fsp3) is 0.692. The fourth-order valence-corrected chi connectivity index (χ4v) is 2.32. The normalized spacial score (nSPS) is 26.7. The van der Waals surface area contributed by atoms with Gasteiger partial charge in [-0.2, -0.15) is 5.06 Å². The highest BCUT2D eigenvalue weighted by Gasteiger charge is 2.31. The molecule has 1 aliphatic heterocycles. The SMILES string of the molecule is C=CCON(C)[C@H]1CN(C)[C@H](CO)C(C)=C1C. The summed E-state index contributed by atoms with van der Waals surface area (Å²) in [5, 5.41) is 11.3. The zero-order chi connectivity index (χ0) is 13.0. The van der Waals surface area contributed by atoms with E-state index in [1.54, 1.807) is 6.08 Å². The van der Waals surface area contributed by atoms with Crippen LogP contribution in [0.4, 0.5) is 0 Å². The summed E-state index contributed by atoms with van der Waals surface area (Å²) in [7, 11) is 3.98. The monoisotopic (exact) mass is 240 g/mol. The zero-order valence-corrected chi connectivity index (χ0v) is 11.3. The molecule has 1 N–H and O–H groups in total. The predicted octanol–water partition coefficient (Wildman–Crippen LogP) is 1.05. The Morgan fingerprint density at radius 2 is 2.18 bits per heavy atom. The van der Waals surface area contributed by atoms with Crippen LogP contribution in [0.2, 0.25) is 0 Å². The molecule has 17 heavy (non-hydrogen) atoms. The Kier molecular flexibility index (Phi) is 5.33. The zero-order valence-electron chi connectivity index (χ0n) is 11.3. The van der Waals surface area contributed by atoms with Gasteiger partial charge in [0.15, 0.2) is 0 Å². The van der Waals surface area contributed by atoms with Crippen LogP contribution in [0.1, 0.15) is 13.8 Å². The summed E-state index contributed by atoms with van der Waals surface area (Å²) >= 11 is 0. The Morgan fingerprint density at radius 3 is 2.71 bits per heavy atom. The summed E-state index contributed by atoms with van der Waals surface area (Å²) in [6, 6.07) is 0.377. The molecule has 0 aromatic heterocycles. The summed E-state index contributed by atoms with van der Waals surface area (Å²) in [5.74, 6) is 0. The maximum Gasteiger partial charge on any atom is 0.0864 e. The highest BCUT2D eigenvalue weighted by molar-refractivity contribution is 5.25. The van der Waals surface area contributed by atoms with E-state index >= 15 is 0 Å². The second-order valence-corrected chi connectivity index (χ2v) is 4.65. The molecular weight excluding hydrogens is 216 g/mol. The number of aliphatic hydroxyl groups excluding tert-OH is 1. The number of aliphatic hydroxyl groups is 1. The van der Waals surface area contributed by atoms with Crippen LogP contribution in [-0.4, -0.2) is 61.0 Å². The molecule has 0 amide bonds. The van der Waals surface area contributed by atoms with Gasteiger partial charge in [0.25, 0.3) is 0 Å². The quantitative estimate of drug-likeness (QED) is 0.575. The van der Waals surface area contributed by atoms with Crippen molar-refractivity contribution in [2.24, 2.45) is 0 Å². The molecule has 98 valence electrons. The first-order valence-corrected chi connectivity index (χ1v) is 5.97. The number of hydrogen-bond donors (Lipinski definition) is 1. The first-order valence-electron chi connectivity index (χ1n) is 5.97. The minimum Gasteiger partial charge on any atom is -0.394 e. The van der Waals surface area contributed by atoms with Crippen LogP contribution in [-0.2, 0) is 4.84 Å². The summed E-state index contributed by atoms with van der Waals surface area (Å²) in [6.45, 7) is 9.40. The molecule has 0 unspecified atom stereocenters. The molecule has 0 saturated heterocycles. The lowest BCUT2D eigenvalue weighted by atomic mass is 9.92. The smallest absolute Gasteiger partial charge is 0.0864 e. The fourth-order valence-electron chi connectivity index (χ4n) is 2.32. The molecule has 4 heteroatoms. The van der Waals surface area contributed by atoms with Crippen molar-refractivity contribution in [3.63, 3.8) is 0 Å². The van der Waals surface area contributed by atoms with Crippen LogP contribution in [0.15, 0.2) is 23.8 Å². The van der Waals surface area contributed by atoms with E-state index in [4.69, 9.17) is 4.84 Å². The third-order valence-electron chi connectivity index (χ3n) is 3.62. The van der Waals surface area contributed by atoms with E-state index < -0.39 is 0 Å². The van der Waals surface area contributed by atoms with Crippen molar-refractivity contribution in [2.75, 3.05) is 33.9 Å². The Morgan fingerprint density at radius 1 is 1.53 bits per heavy atom. The van der Waals surface area contributed by atoms with Gasteiger partial charge in [-0.15, -0.1) is 6.58 Å². The first-order chi connectivity index (χ1) is 8.02. The second kappa shape index (κ2) is 6.31. The lowest BCUT2D eigenvalue weighted by Gasteiger charge is -2.41. The summed E-state index contributed by atoms with van der Waals surface area (Å²) < 4.78 is 0. The van der Waals surface area contributed by atoms with Crippen molar-refractivity contribution in [2.45, 2.75) is 25.9 Å². The maximum absolute atomic E-state index is 9.38. The summed E-state index contributed by atoms with van der Waals surface area (Å²) in [5.41, 5.74) is 2.52. The Bertz CT molecular complexity index is 302. The van der Waals surface area contributed by atoms with E-state index in [2.05, 4.69) is 25.3 Å². The highest BCUT2D eigenvalue weighted by Crippen LogP contribution is 2.25. The minimum atomic E-state index is 0.138. The molecule has 0 spiro atoms. The van der Waals surface area contributed by atoms with E-state index in [0.717, 1.165) is 6.54 Å². The minimum absolute atomic E-state index is 0.138. The molecule has 1 aliphatic rings. The van der Waals surface area contributed by atoms with E-state index in [0.29, 0.717) is 6.61 Å². The number of rotatable bonds is 5. The third kappa shape index (κ3) is 3.16. The van der Waals surface area contributed by atoms with Crippen molar-refractivity contribution in [3.8, 4) is 0 Å². The van der Waals surface area contributed by atoms with Gasteiger partial charge in [0.2, 0.25) is 0 Å². The largest absolute Gasteiger partial charge is 0.394 e. The standard InChI is InChI=1S/C13H24N2O2/c1-6-7-17-15(5)12-8-14(4)13(9-16)11(3)10(12)2/h6,12-13,16H,1,7-9H2,2-5H3/t12-,13+/m0/s1. The van der Waals surface area contributed by atoms with Gasteiger partial charge in [-0.3, -0.25) is 9.74 Å². The van der Waals surface area contributed by atoms with Gasteiger partial charge in [0.05, 0.1) is 25.3 Å². The number of hydrogen-bond acceptors (Lipinski definition) is 4. The molecule has 0 saturated carbocycles. The van der Waals surface area contributed by atoms with Crippen LogP contribution in [0, 0.1) is 0 Å². The lowest BCUT2D eigenvalue weighted by Crippen LogP contribution is -2.51. The molecule has 0 radical (unpaired) electrons. The van der Waals surface area contributed by atoms with Crippen molar-refractivity contribution in [1.82, 2.24) is 9.96 Å². The van der Waals surface area contributed by atoms with E-state index in [-0.39, 0.29) is 18.7 Å². The van der Waals surface area contributed by atoms with Crippen LogP contribution in [0.25, 0.3) is 0 Å². The van der Waals surface area contributed by atoms with Gasteiger partial charge in [0, 0.05) is 13.6 Å². The predicted molar refractivity (Wildman–Crippen MR) is 69.6 cm³/mol. The molecule has 0 aromatic carbocycles. The van der Waals surface area contributed by atoms with Crippen molar-refractivity contribution < 1.29 is 9.94 Å². The molecule has 2 atom stereocenters. The Balaban J connectivity index is 2.81. The average molecular weight is 240 g/mol. The highest BCUT2D eigenvalue weighted by atomic mass is 16.7. The molecular formula is C13H24N2O2. The number of hydroxylamine groups is 2. The molecule has 0 bridgehead atoms. The van der Waals surface area contributed by atoms with Crippen molar-refractivity contribution >= 4 is 0 Å². The Hall–Kier alpha value is -0.680. The van der Waals surface area contributed by atoms with Gasteiger partial charge >= 0.3 is 0 Å². The molecule has 1 rings (SSSR count). The topological polar surface area (TPSA) is 35.9 Å². The molecule has 0 aliphatic carbocycles. The van der Waals surface area contributed by atoms with E-state index in [1.165, 1.54) is 11.1 Å². The molecule has 0 aromatic rings. The van der Waals surface area contributed by atoms with Crippen LogP contribution in [0.3, 0.4) is 0 Å². The summed E-state index contributed by atoms with van der Waals surface area (Å²) in [6.07, 6.45) is 1.74. The van der Waals surface area contributed by atoms with Crippen LogP contribution < -0.4 is 0 Å². The van der Waals surface area contributed by atoms with Gasteiger partial charge in [-0.05, 0) is 20.9 Å². The van der Waals surface area contributed by atoms with Crippen molar-refractivity contribution in [3.05, 3.63) is 23.8 Å². The maximum atomic E-state index is 9.38. The van der Waals surface area contributed by atoms with Crippen LogP contribution in [0.5, 0.6) is 0 Å². The van der Waals surface area contributed by atoms with Crippen molar-refractivity contribution in [1.29, 1.82) is 0 Å². The van der Waals surface area contributed by atoms with Crippen LogP contribution >= 0.6 is 0 Å². The molecule has 0 fully saturated rings. The van der Waals surface area contributed by atoms with E-state index in [1.807, 2.05) is 19.2 Å². The average Bonchev–Trinajstić information content (AvgIpc) is 2.31. The van der Waals surface area contributed by atoms with Gasteiger partial charge < -0.3 is 5.11 Å². The van der Waals surface area contributed by atoms with Gasteiger partial charge in [-0.1, -0.05) is 17.2 Å². The molecule has 1 heterocycles. The Labute approximate surface area is 104 Å². The van der Waals surface area contributed by atoms with E-state index in [9.17, 15) is 5.11 Å². The second-order valence-electron chi connectivity index (χ2n) is 4.65. The number of nitrogens with zero attached hydrogens (tertiary/aromatic N) is 2. The third-order valence-corrected chi connectivity index (χ3v) is 3.62. The number of likely N-dealkylation sites (N-methyl/N-ethyl adjacent to an activating group) is 2. The van der Waals surface area contributed by atoms with Gasteiger partial charge in [-0.25, -0.2) is 0 Å². The first kappa shape index (κ1) is 14.4. The summed E-state index contributed by atoms with van der Waals surface area (Å²) in [4.78, 5) is 7.73.